The maximum absolute atomic E-state index is 12.2. The zero-order valence-electron chi connectivity index (χ0n) is 16.0. The lowest BCUT2D eigenvalue weighted by molar-refractivity contribution is -0.152. The normalized spacial score (nSPS) is 23.6. The zero-order chi connectivity index (χ0) is 19.1. The number of terminal acetylenes is 1. The molecule has 2 saturated heterocycles. The van der Waals surface area contributed by atoms with Gasteiger partial charge in [-0.25, -0.2) is 0 Å². The first-order chi connectivity index (χ1) is 13.1. The summed E-state index contributed by atoms with van der Waals surface area (Å²) < 4.78 is 17.4. The van der Waals surface area contributed by atoms with Gasteiger partial charge in [0, 0.05) is 32.6 Å². The molecule has 27 heavy (non-hydrogen) atoms. The molecule has 1 spiro atoms. The van der Waals surface area contributed by atoms with Gasteiger partial charge < -0.3 is 19.1 Å². The number of benzene rings is 1. The van der Waals surface area contributed by atoms with E-state index in [0.717, 1.165) is 25.4 Å². The number of rotatable bonds is 5. The van der Waals surface area contributed by atoms with Gasteiger partial charge in [-0.15, -0.1) is 6.42 Å². The molecular formula is C21H28N2O4. The molecule has 0 saturated carbocycles. The molecule has 0 N–H and O–H groups in total. The molecule has 1 aromatic rings. The maximum Gasteiger partial charge on any atom is 0.222 e. The molecule has 3 rings (SSSR count). The molecule has 1 aromatic carbocycles. The van der Waals surface area contributed by atoms with Crippen molar-refractivity contribution in [2.45, 2.75) is 25.5 Å². The Kier molecular flexibility index (Phi) is 6.73. The van der Waals surface area contributed by atoms with Crippen molar-refractivity contribution in [3.05, 3.63) is 29.8 Å². The van der Waals surface area contributed by atoms with E-state index in [1.807, 2.05) is 24.0 Å². The predicted octanol–water partition coefficient (Wildman–Crippen LogP) is 1.54. The van der Waals surface area contributed by atoms with Crippen LogP contribution >= 0.6 is 0 Å². The summed E-state index contributed by atoms with van der Waals surface area (Å²) >= 11 is 0. The van der Waals surface area contributed by atoms with E-state index in [2.05, 4.69) is 23.0 Å². The smallest absolute Gasteiger partial charge is 0.222 e. The van der Waals surface area contributed by atoms with Gasteiger partial charge in [-0.2, -0.15) is 0 Å². The second-order valence-corrected chi connectivity index (χ2v) is 7.10. The Morgan fingerprint density at radius 1 is 1.26 bits per heavy atom. The fourth-order valence-electron chi connectivity index (χ4n) is 3.66. The standard InChI is InChI=1S/C21H28N2O4/c1-3-11-26-19-7-5-18(6-8-19)14-22-9-13-27-21(15-22)16-23(20(24)4-2)10-12-25-17-21/h1,5-8H,4,9-17H2,2H3. The number of nitrogens with zero attached hydrogens (tertiary/aromatic N) is 2. The van der Waals surface area contributed by atoms with Crippen molar-refractivity contribution in [2.24, 2.45) is 0 Å². The van der Waals surface area contributed by atoms with E-state index in [0.29, 0.717) is 39.3 Å². The van der Waals surface area contributed by atoms with E-state index in [9.17, 15) is 4.79 Å². The van der Waals surface area contributed by atoms with E-state index in [4.69, 9.17) is 20.6 Å². The van der Waals surface area contributed by atoms with Crippen molar-refractivity contribution in [3.63, 3.8) is 0 Å². The van der Waals surface area contributed by atoms with Gasteiger partial charge in [-0.1, -0.05) is 25.0 Å². The molecule has 146 valence electrons. The molecule has 0 aromatic heterocycles. The average molecular weight is 372 g/mol. The molecule has 2 aliphatic heterocycles. The van der Waals surface area contributed by atoms with Crippen LogP contribution in [0.1, 0.15) is 18.9 Å². The Bertz CT molecular complexity index is 670. The second-order valence-electron chi connectivity index (χ2n) is 7.10. The highest BCUT2D eigenvalue weighted by Crippen LogP contribution is 2.24. The van der Waals surface area contributed by atoms with Crippen LogP contribution in [0.3, 0.4) is 0 Å². The summed E-state index contributed by atoms with van der Waals surface area (Å²) in [4.78, 5) is 16.5. The first kappa shape index (κ1) is 19.7. The van der Waals surface area contributed by atoms with Crippen LogP contribution in [0.4, 0.5) is 0 Å². The Balaban J connectivity index is 1.63. The molecule has 2 fully saturated rings. The van der Waals surface area contributed by atoms with Crippen LogP contribution in [-0.4, -0.2) is 73.9 Å². The third-order valence-electron chi connectivity index (χ3n) is 4.98. The lowest BCUT2D eigenvalue weighted by Gasteiger charge is -2.43. The van der Waals surface area contributed by atoms with Crippen LogP contribution in [0.2, 0.25) is 0 Å². The zero-order valence-corrected chi connectivity index (χ0v) is 16.0. The summed E-state index contributed by atoms with van der Waals surface area (Å²) in [5.74, 6) is 3.40. The van der Waals surface area contributed by atoms with E-state index in [1.165, 1.54) is 5.56 Å². The minimum absolute atomic E-state index is 0.156. The first-order valence-corrected chi connectivity index (χ1v) is 9.51. The second kappa shape index (κ2) is 9.23. The van der Waals surface area contributed by atoms with Crippen LogP contribution in [0.25, 0.3) is 0 Å². The van der Waals surface area contributed by atoms with Gasteiger partial charge in [0.05, 0.1) is 26.4 Å². The third-order valence-corrected chi connectivity index (χ3v) is 4.98. The van der Waals surface area contributed by atoms with E-state index in [1.54, 1.807) is 0 Å². The lowest BCUT2D eigenvalue weighted by atomic mass is 10.0. The van der Waals surface area contributed by atoms with Crippen LogP contribution in [0.15, 0.2) is 24.3 Å². The maximum atomic E-state index is 12.2. The number of carbonyl (C=O) groups is 1. The average Bonchev–Trinajstić information content (AvgIpc) is 2.89. The van der Waals surface area contributed by atoms with Crippen molar-refractivity contribution >= 4 is 5.91 Å². The molecule has 6 heteroatoms. The number of hydrogen-bond donors (Lipinski definition) is 0. The molecule has 1 atom stereocenters. The minimum atomic E-state index is -0.449. The number of amides is 1. The number of hydrogen-bond acceptors (Lipinski definition) is 5. The molecule has 1 amide bonds. The predicted molar refractivity (Wildman–Crippen MR) is 102 cm³/mol. The summed E-state index contributed by atoms with van der Waals surface area (Å²) in [6.45, 7) is 7.56. The van der Waals surface area contributed by atoms with Crippen LogP contribution in [-0.2, 0) is 20.8 Å². The number of carbonyl (C=O) groups excluding carboxylic acids is 1. The fourth-order valence-corrected chi connectivity index (χ4v) is 3.66. The van der Waals surface area contributed by atoms with E-state index >= 15 is 0 Å². The van der Waals surface area contributed by atoms with E-state index in [-0.39, 0.29) is 12.5 Å². The molecule has 0 radical (unpaired) electrons. The third kappa shape index (κ3) is 5.23. The summed E-state index contributed by atoms with van der Waals surface area (Å²) in [6.07, 6.45) is 5.73. The molecule has 0 bridgehead atoms. The fraction of sp³-hybridized carbons (Fsp3) is 0.571. The van der Waals surface area contributed by atoms with Gasteiger partial charge in [-0.05, 0) is 17.7 Å². The molecule has 1 unspecified atom stereocenters. The topological polar surface area (TPSA) is 51.2 Å². The van der Waals surface area contributed by atoms with Gasteiger partial charge in [0.15, 0.2) is 0 Å². The van der Waals surface area contributed by atoms with Crippen molar-refractivity contribution in [1.82, 2.24) is 9.80 Å². The van der Waals surface area contributed by atoms with Gasteiger partial charge in [0.1, 0.15) is 18.0 Å². The van der Waals surface area contributed by atoms with E-state index < -0.39 is 5.60 Å². The summed E-state index contributed by atoms with van der Waals surface area (Å²) in [6, 6.07) is 8.01. The van der Waals surface area contributed by atoms with Gasteiger partial charge >= 0.3 is 0 Å². The Morgan fingerprint density at radius 3 is 2.81 bits per heavy atom. The highest BCUT2D eigenvalue weighted by molar-refractivity contribution is 5.76. The Hall–Kier alpha value is -2.07. The van der Waals surface area contributed by atoms with Gasteiger partial charge in [0.2, 0.25) is 5.91 Å². The summed E-state index contributed by atoms with van der Waals surface area (Å²) in [5.41, 5.74) is 0.756. The quantitative estimate of drug-likeness (QED) is 0.734. The summed E-state index contributed by atoms with van der Waals surface area (Å²) in [5, 5.41) is 0. The van der Waals surface area contributed by atoms with Crippen molar-refractivity contribution < 1.29 is 19.0 Å². The largest absolute Gasteiger partial charge is 0.481 e. The van der Waals surface area contributed by atoms with Gasteiger partial charge in [0.25, 0.3) is 0 Å². The van der Waals surface area contributed by atoms with Crippen molar-refractivity contribution in [1.29, 1.82) is 0 Å². The molecule has 0 aliphatic carbocycles. The Labute approximate surface area is 161 Å². The molecular weight excluding hydrogens is 344 g/mol. The van der Waals surface area contributed by atoms with Crippen LogP contribution < -0.4 is 4.74 Å². The van der Waals surface area contributed by atoms with Crippen molar-refractivity contribution in [2.75, 3.05) is 52.6 Å². The molecule has 2 heterocycles. The SMILES string of the molecule is C#CCOc1ccc(CN2CCOC3(COCCN(C(=O)CC)C3)C2)cc1. The molecule has 2 aliphatic rings. The lowest BCUT2D eigenvalue weighted by Crippen LogP contribution is -2.59. The number of morpholine rings is 1. The monoisotopic (exact) mass is 372 g/mol. The number of ether oxygens (including phenoxy) is 3. The highest BCUT2D eigenvalue weighted by atomic mass is 16.5. The van der Waals surface area contributed by atoms with Crippen LogP contribution in [0.5, 0.6) is 5.75 Å². The minimum Gasteiger partial charge on any atom is -0.481 e. The summed E-state index contributed by atoms with van der Waals surface area (Å²) in [7, 11) is 0. The van der Waals surface area contributed by atoms with Gasteiger partial charge in [-0.3, -0.25) is 9.69 Å². The highest BCUT2D eigenvalue weighted by Gasteiger charge is 2.41. The van der Waals surface area contributed by atoms with Crippen LogP contribution in [0, 0.1) is 12.3 Å². The Morgan fingerprint density at radius 2 is 2.07 bits per heavy atom. The molecule has 6 nitrogen and oxygen atoms in total. The van der Waals surface area contributed by atoms with Crippen molar-refractivity contribution in [3.8, 4) is 18.1 Å². The first-order valence-electron chi connectivity index (χ1n) is 9.51.